The predicted molar refractivity (Wildman–Crippen MR) is 140 cm³/mol. The summed E-state index contributed by atoms with van der Waals surface area (Å²) >= 11 is 0. The van der Waals surface area contributed by atoms with Gasteiger partial charge in [-0.3, -0.25) is 0 Å². The van der Waals surface area contributed by atoms with E-state index >= 15 is 0 Å². The Bertz CT molecular complexity index is 761. The third kappa shape index (κ3) is 3.76. The van der Waals surface area contributed by atoms with E-state index in [4.69, 9.17) is 13.7 Å². The molecule has 0 radical (unpaired) electrons. The first-order valence-electron chi connectivity index (χ1n) is 14.2. The smallest absolute Gasteiger partial charge is 0.415 e. The van der Waals surface area contributed by atoms with E-state index in [0.717, 1.165) is 23.7 Å². The molecule has 0 amide bonds. The van der Waals surface area contributed by atoms with Gasteiger partial charge in [0.25, 0.3) is 0 Å². The second-order valence-corrected chi connectivity index (χ2v) is 19.7. The van der Waals surface area contributed by atoms with Gasteiger partial charge < -0.3 is 13.7 Å². The highest BCUT2D eigenvalue weighted by atomic mass is 28.4. The van der Waals surface area contributed by atoms with Gasteiger partial charge in [-0.2, -0.15) is 0 Å². The SMILES string of the molecule is CC1OB(C(C)(C)C)OC12CCC1C3CCC4CC(O[Si](C)(C)C)CCC4(C)C3CCC12C. The molecular formula is C28H51BO3Si. The summed E-state index contributed by atoms with van der Waals surface area (Å²) in [5.41, 5.74) is 0.696. The van der Waals surface area contributed by atoms with Gasteiger partial charge in [-0.05, 0) is 119 Å². The highest BCUT2D eigenvalue weighted by Gasteiger charge is 2.70. The monoisotopic (exact) mass is 474 g/mol. The first-order chi connectivity index (χ1) is 15.2. The fraction of sp³-hybridized carbons (Fsp3) is 1.00. The lowest BCUT2D eigenvalue weighted by Crippen LogP contribution is -2.59. The Morgan fingerprint density at radius 1 is 0.909 bits per heavy atom. The van der Waals surface area contributed by atoms with Gasteiger partial charge in [-0.15, -0.1) is 0 Å². The van der Waals surface area contributed by atoms with Gasteiger partial charge >= 0.3 is 7.12 Å². The average Bonchev–Trinajstić information content (AvgIpc) is 3.19. The summed E-state index contributed by atoms with van der Waals surface area (Å²) in [6.45, 7) is 21.4. The van der Waals surface area contributed by atoms with Crippen molar-refractivity contribution in [2.75, 3.05) is 0 Å². The zero-order valence-electron chi connectivity index (χ0n) is 23.1. The first kappa shape index (κ1) is 24.8. The molecule has 5 rings (SSSR count). The molecular weight excluding hydrogens is 423 g/mol. The highest BCUT2D eigenvalue weighted by molar-refractivity contribution is 6.69. The summed E-state index contributed by atoms with van der Waals surface area (Å²) < 4.78 is 20.1. The fourth-order valence-electron chi connectivity index (χ4n) is 9.71. The second-order valence-electron chi connectivity index (χ2n) is 15.3. The van der Waals surface area contributed by atoms with Gasteiger partial charge in [-0.25, -0.2) is 0 Å². The highest BCUT2D eigenvalue weighted by Crippen LogP contribution is 2.70. The van der Waals surface area contributed by atoms with Crippen LogP contribution in [0.2, 0.25) is 25.0 Å². The summed E-state index contributed by atoms with van der Waals surface area (Å²) in [7, 11) is -1.53. The van der Waals surface area contributed by atoms with Gasteiger partial charge in [-0.1, -0.05) is 34.6 Å². The van der Waals surface area contributed by atoms with E-state index in [1.807, 2.05) is 0 Å². The molecule has 5 aliphatic rings. The van der Waals surface area contributed by atoms with Crippen LogP contribution in [0.1, 0.15) is 99.3 Å². The fourth-order valence-corrected chi connectivity index (χ4v) is 10.9. The third-order valence-corrected chi connectivity index (χ3v) is 12.4. The van der Waals surface area contributed by atoms with Crippen molar-refractivity contribution in [3.05, 3.63) is 0 Å². The van der Waals surface area contributed by atoms with Crippen LogP contribution in [0.15, 0.2) is 0 Å². The first-order valence-corrected chi connectivity index (χ1v) is 17.6. The van der Waals surface area contributed by atoms with Crippen LogP contribution in [0.3, 0.4) is 0 Å². The van der Waals surface area contributed by atoms with Crippen LogP contribution in [-0.4, -0.2) is 33.2 Å². The van der Waals surface area contributed by atoms with Crippen LogP contribution in [0.4, 0.5) is 0 Å². The van der Waals surface area contributed by atoms with Crippen LogP contribution >= 0.6 is 0 Å². The lowest BCUT2D eigenvalue weighted by molar-refractivity contribution is -0.155. The second kappa shape index (κ2) is 7.83. The largest absolute Gasteiger partial charge is 0.463 e. The maximum Gasteiger partial charge on any atom is 0.463 e. The molecule has 1 heterocycles. The van der Waals surface area contributed by atoms with Crippen LogP contribution in [0.25, 0.3) is 0 Å². The summed E-state index contributed by atoms with van der Waals surface area (Å²) in [4.78, 5) is 0. The summed E-state index contributed by atoms with van der Waals surface area (Å²) in [6, 6.07) is 0. The molecule has 9 atom stereocenters. The quantitative estimate of drug-likeness (QED) is 0.384. The minimum atomic E-state index is -1.46. The van der Waals surface area contributed by atoms with E-state index in [1.165, 1.54) is 57.8 Å². The van der Waals surface area contributed by atoms with Crippen molar-refractivity contribution in [3.63, 3.8) is 0 Å². The molecule has 5 heteroatoms. The molecule has 0 aromatic carbocycles. The predicted octanol–water partition coefficient (Wildman–Crippen LogP) is 7.71. The molecule has 1 saturated heterocycles. The van der Waals surface area contributed by atoms with Gasteiger partial charge in [0.05, 0.1) is 11.7 Å². The van der Waals surface area contributed by atoms with Crippen molar-refractivity contribution in [1.82, 2.24) is 0 Å². The zero-order valence-corrected chi connectivity index (χ0v) is 24.1. The topological polar surface area (TPSA) is 27.7 Å². The molecule has 4 aliphatic carbocycles. The Morgan fingerprint density at radius 3 is 2.24 bits per heavy atom. The Kier molecular flexibility index (Phi) is 5.89. The van der Waals surface area contributed by atoms with Crippen molar-refractivity contribution < 1.29 is 13.7 Å². The van der Waals surface area contributed by atoms with E-state index < -0.39 is 8.32 Å². The summed E-state index contributed by atoms with van der Waals surface area (Å²) in [5.74, 6) is 3.44. The Labute approximate surface area is 205 Å². The Hall–Kier alpha value is 0.162. The van der Waals surface area contributed by atoms with Gasteiger partial charge in [0, 0.05) is 11.5 Å². The van der Waals surface area contributed by atoms with Crippen molar-refractivity contribution in [3.8, 4) is 0 Å². The lowest BCUT2D eigenvalue weighted by atomic mass is 9.44. The average molecular weight is 475 g/mol. The zero-order chi connectivity index (χ0) is 24.0. The van der Waals surface area contributed by atoms with Crippen molar-refractivity contribution >= 4 is 15.4 Å². The maximum absolute atomic E-state index is 7.00. The van der Waals surface area contributed by atoms with Crippen LogP contribution in [0.5, 0.6) is 0 Å². The Morgan fingerprint density at radius 2 is 1.61 bits per heavy atom. The molecule has 1 spiro atoms. The molecule has 0 N–H and O–H groups in total. The Balaban J connectivity index is 1.36. The normalized spacial score (nSPS) is 50.3. The van der Waals surface area contributed by atoms with E-state index in [1.54, 1.807) is 0 Å². The maximum atomic E-state index is 7.00. The van der Waals surface area contributed by atoms with Crippen molar-refractivity contribution in [1.29, 1.82) is 0 Å². The number of rotatable bonds is 2. The van der Waals surface area contributed by atoms with Crippen molar-refractivity contribution in [2.45, 2.75) is 142 Å². The lowest BCUT2D eigenvalue weighted by Gasteiger charge is -2.62. The minimum Gasteiger partial charge on any atom is -0.415 e. The van der Waals surface area contributed by atoms with Gasteiger partial charge in [0.1, 0.15) is 0 Å². The van der Waals surface area contributed by atoms with E-state index in [2.05, 4.69) is 61.2 Å². The molecule has 188 valence electrons. The summed E-state index contributed by atoms with van der Waals surface area (Å²) in [5, 5.41) is 0.0333. The molecule has 0 aromatic rings. The molecule has 4 saturated carbocycles. The molecule has 1 aliphatic heterocycles. The molecule has 5 fully saturated rings. The minimum absolute atomic E-state index is 0.0333. The van der Waals surface area contributed by atoms with E-state index in [-0.39, 0.29) is 29.6 Å². The van der Waals surface area contributed by atoms with Crippen molar-refractivity contribution in [2.24, 2.45) is 34.5 Å². The molecule has 0 bridgehead atoms. The van der Waals surface area contributed by atoms with Crippen LogP contribution in [-0.2, 0) is 13.7 Å². The molecule has 3 nitrogen and oxygen atoms in total. The van der Waals surface area contributed by atoms with Crippen LogP contribution in [0, 0.1) is 34.5 Å². The third-order valence-electron chi connectivity index (χ3n) is 11.3. The van der Waals surface area contributed by atoms with E-state index in [9.17, 15) is 0 Å². The number of fused-ring (bicyclic) bond motifs is 6. The van der Waals surface area contributed by atoms with Crippen LogP contribution < -0.4 is 0 Å². The molecule has 9 unspecified atom stereocenters. The number of hydrogen-bond donors (Lipinski definition) is 0. The van der Waals surface area contributed by atoms with Gasteiger partial charge in [0.15, 0.2) is 8.32 Å². The summed E-state index contributed by atoms with van der Waals surface area (Å²) in [6.07, 6.45) is 12.8. The number of hydrogen-bond acceptors (Lipinski definition) is 3. The standard InChI is InChI=1S/C28H51BO3Si/c1-19-28(32-29(30-19)25(2,3)4)17-14-24-22-11-10-20-18-21(31-33(7,8)9)12-15-26(20,5)23(22)13-16-27(24,28)6/h19-24H,10-18H2,1-9H3. The van der Waals surface area contributed by atoms with Gasteiger partial charge in [0.2, 0.25) is 0 Å². The molecule has 33 heavy (non-hydrogen) atoms. The van der Waals surface area contributed by atoms with E-state index in [0.29, 0.717) is 11.5 Å². The molecule has 0 aromatic heterocycles.